The summed E-state index contributed by atoms with van der Waals surface area (Å²) < 4.78 is 0. The molecule has 1 aromatic carbocycles. The Morgan fingerprint density at radius 1 is 1.32 bits per heavy atom. The van der Waals surface area contributed by atoms with E-state index >= 15 is 0 Å². The number of anilines is 1. The van der Waals surface area contributed by atoms with Crippen LogP contribution in [0.5, 0.6) is 0 Å². The highest BCUT2D eigenvalue weighted by atomic mass is 32.1. The zero-order chi connectivity index (χ0) is 14.0. The van der Waals surface area contributed by atoms with Crippen molar-refractivity contribution < 1.29 is 0 Å². The minimum Gasteiger partial charge on any atom is -0.399 e. The number of aliphatic imine (C=N–C) groups is 1. The van der Waals surface area contributed by atoms with Gasteiger partial charge in [0.1, 0.15) is 0 Å². The zero-order valence-corrected chi connectivity index (χ0v) is 12.4. The van der Waals surface area contributed by atoms with Gasteiger partial charge in [-0.3, -0.25) is 4.99 Å². The molecule has 0 bridgehead atoms. The van der Waals surface area contributed by atoms with Gasteiger partial charge >= 0.3 is 0 Å². The Labute approximate surface area is 119 Å². The molecule has 4 heteroatoms. The third kappa shape index (κ3) is 3.20. The molecule has 0 atom stereocenters. The number of nitrogens with zero attached hydrogens (tertiary/aromatic N) is 2. The fourth-order valence-electron chi connectivity index (χ4n) is 1.88. The van der Waals surface area contributed by atoms with Crippen LogP contribution in [0.2, 0.25) is 0 Å². The van der Waals surface area contributed by atoms with E-state index in [0.29, 0.717) is 0 Å². The monoisotopic (exact) mass is 273 g/mol. The summed E-state index contributed by atoms with van der Waals surface area (Å²) in [7, 11) is 4.02. The maximum Gasteiger partial charge on any atom is 0.0767 e. The maximum absolute atomic E-state index is 5.83. The number of allylic oxidation sites excluding steroid dienone is 3. The quantitative estimate of drug-likeness (QED) is 0.812. The highest BCUT2D eigenvalue weighted by Crippen LogP contribution is 2.28. The molecule has 0 aliphatic heterocycles. The van der Waals surface area contributed by atoms with Gasteiger partial charge in [-0.25, -0.2) is 0 Å². The van der Waals surface area contributed by atoms with Crippen LogP contribution in [0.4, 0.5) is 11.4 Å². The molecule has 0 heterocycles. The molecule has 3 nitrogen and oxygen atoms in total. The summed E-state index contributed by atoms with van der Waals surface area (Å²) >= 11 is 4.51. The Balaban J connectivity index is 2.30. The van der Waals surface area contributed by atoms with E-state index in [-0.39, 0.29) is 0 Å². The van der Waals surface area contributed by atoms with E-state index in [2.05, 4.69) is 17.6 Å². The summed E-state index contributed by atoms with van der Waals surface area (Å²) in [6.45, 7) is 2.00. The molecule has 2 N–H and O–H groups in total. The predicted octanol–water partition coefficient (Wildman–Crippen LogP) is 3.31. The fraction of sp³-hybridized carbons (Fsp3) is 0.267. The van der Waals surface area contributed by atoms with E-state index < -0.39 is 0 Å². The van der Waals surface area contributed by atoms with Gasteiger partial charge in [0.15, 0.2) is 0 Å². The summed E-state index contributed by atoms with van der Waals surface area (Å²) in [5.41, 5.74) is 10.8. The van der Waals surface area contributed by atoms with Crippen LogP contribution in [-0.4, -0.2) is 19.8 Å². The van der Waals surface area contributed by atoms with E-state index in [1.807, 2.05) is 56.3 Å². The van der Waals surface area contributed by atoms with Gasteiger partial charge in [-0.1, -0.05) is 6.08 Å². The van der Waals surface area contributed by atoms with Gasteiger partial charge in [-0.15, -0.1) is 12.6 Å². The Hall–Kier alpha value is -1.68. The average molecular weight is 273 g/mol. The summed E-state index contributed by atoms with van der Waals surface area (Å²) in [4.78, 5) is 7.58. The van der Waals surface area contributed by atoms with Crippen LogP contribution in [0, 0.1) is 0 Å². The van der Waals surface area contributed by atoms with Gasteiger partial charge in [0, 0.05) is 42.5 Å². The van der Waals surface area contributed by atoms with Crippen molar-refractivity contribution in [2.75, 3.05) is 19.0 Å². The lowest BCUT2D eigenvalue weighted by Gasteiger charge is -2.14. The van der Waals surface area contributed by atoms with E-state index in [9.17, 15) is 0 Å². The molecule has 0 saturated carbocycles. The third-order valence-corrected chi connectivity index (χ3v) is 3.47. The van der Waals surface area contributed by atoms with Crippen LogP contribution in [0.1, 0.15) is 13.3 Å². The van der Waals surface area contributed by atoms with Crippen LogP contribution >= 0.6 is 12.6 Å². The van der Waals surface area contributed by atoms with Gasteiger partial charge in [0.05, 0.1) is 5.69 Å². The Kier molecular flexibility index (Phi) is 4.00. The lowest BCUT2D eigenvalue weighted by atomic mass is 10.0. The summed E-state index contributed by atoms with van der Waals surface area (Å²) in [5.74, 6) is 0. The average Bonchev–Trinajstić information content (AvgIpc) is 2.36. The second-order valence-electron chi connectivity index (χ2n) is 4.86. The van der Waals surface area contributed by atoms with Crippen LogP contribution in [0.15, 0.2) is 51.5 Å². The SMILES string of the molecule is CC1=CC(=Nc2ccc(N(C)C)cc2S)CC=C1N. The van der Waals surface area contributed by atoms with Crippen molar-refractivity contribution in [3.8, 4) is 0 Å². The van der Waals surface area contributed by atoms with Gasteiger partial charge in [-0.2, -0.15) is 0 Å². The minimum absolute atomic E-state index is 0.770. The normalized spacial score (nSPS) is 17.2. The highest BCUT2D eigenvalue weighted by Gasteiger charge is 2.07. The van der Waals surface area contributed by atoms with Crippen LogP contribution in [0.3, 0.4) is 0 Å². The van der Waals surface area contributed by atoms with E-state index in [0.717, 1.165) is 39.7 Å². The number of hydrogen-bond donors (Lipinski definition) is 2. The number of hydrogen-bond acceptors (Lipinski definition) is 4. The zero-order valence-electron chi connectivity index (χ0n) is 11.5. The molecule has 0 saturated heterocycles. The maximum atomic E-state index is 5.83. The van der Waals surface area contributed by atoms with Gasteiger partial charge in [-0.05, 0) is 36.8 Å². The van der Waals surface area contributed by atoms with E-state index in [1.165, 1.54) is 0 Å². The van der Waals surface area contributed by atoms with Gasteiger partial charge in [0.25, 0.3) is 0 Å². The number of thiol groups is 1. The Morgan fingerprint density at radius 2 is 2.05 bits per heavy atom. The van der Waals surface area contributed by atoms with Crippen molar-refractivity contribution in [2.24, 2.45) is 10.7 Å². The van der Waals surface area contributed by atoms with Crippen molar-refractivity contribution in [3.05, 3.63) is 41.6 Å². The van der Waals surface area contributed by atoms with Crippen molar-refractivity contribution in [2.45, 2.75) is 18.2 Å². The highest BCUT2D eigenvalue weighted by molar-refractivity contribution is 7.80. The standard InChI is InChI=1S/C15H19N3S/c1-10-8-11(4-6-13(10)16)17-14-7-5-12(18(2)3)9-15(14)19/h5-9,19H,4,16H2,1-3H3. The first kappa shape index (κ1) is 13.7. The number of benzene rings is 1. The smallest absolute Gasteiger partial charge is 0.0767 e. The first-order valence-corrected chi connectivity index (χ1v) is 6.64. The molecule has 0 fully saturated rings. The molecule has 0 unspecified atom stereocenters. The molecule has 100 valence electrons. The van der Waals surface area contributed by atoms with Crippen molar-refractivity contribution in [3.63, 3.8) is 0 Å². The van der Waals surface area contributed by atoms with Gasteiger partial charge < -0.3 is 10.6 Å². The predicted molar refractivity (Wildman–Crippen MR) is 85.8 cm³/mol. The Bertz CT molecular complexity index is 583. The minimum atomic E-state index is 0.770. The molecule has 2 rings (SSSR count). The first-order chi connectivity index (χ1) is 8.97. The topological polar surface area (TPSA) is 41.6 Å². The lowest BCUT2D eigenvalue weighted by Crippen LogP contribution is -2.08. The third-order valence-electron chi connectivity index (χ3n) is 3.11. The van der Waals surface area contributed by atoms with Gasteiger partial charge in [0.2, 0.25) is 0 Å². The van der Waals surface area contributed by atoms with E-state index in [1.54, 1.807) is 0 Å². The Morgan fingerprint density at radius 3 is 2.63 bits per heavy atom. The van der Waals surface area contributed by atoms with Crippen molar-refractivity contribution >= 4 is 29.7 Å². The molecule has 0 spiro atoms. The lowest BCUT2D eigenvalue weighted by molar-refractivity contribution is 1.12. The number of rotatable bonds is 2. The van der Waals surface area contributed by atoms with E-state index in [4.69, 9.17) is 5.73 Å². The van der Waals surface area contributed by atoms with Crippen LogP contribution < -0.4 is 10.6 Å². The largest absolute Gasteiger partial charge is 0.399 e. The second-order valence-corrected chi connectivity index (χ2v) is 5.34. The van der Waals surface area contributed by atoms with Crippen molar-refractivity contribution in [1.29, 1.82) is 0 Å². The first-order valence-electron chi connectivity index (χ1n) is 6.19. The molecule has 1 aromatic rings. The molecule has 0 amide bonds. The van der Waals surface area contributed by atoms with Crippen LogP contribution in [-0.2, 0) is 0 Å². The summed E-state index contributed by atoms with van der Waals surface area (Å²) in [6.07, 6.45) is 4.80. The summed E-state index contributed by atoms with van der Waals surface area (Å²) in [5, 5.41) is 0. The molecular formula is C15H19N3S. The van der Waals surface area contributed by atoms with Crippen LogP contribution in [0.25, 0.3) is 0 Å². The molecule has 1 aliphatic rings. The molecule has 0 aromatic heterocycles. The number of nitrogens with two attached hydrogens (primary N) is 1. The summed E-state index contributed by atoms with van der Waals surface area (Å²) in [6, 6.07) is 6.06. The molecule has 1 aliphatic carbocycles. The molecule has 19 heavy (non-hydrogen) atoms. The van der Waals surface area contributed by atoms with Crippen molar-refractivity contribution in [1.82, 2.24) is 0 Å². The molecule has 0 radical (unpaired) electrons. The second kappa shape index (κ2) is 5.53. The molecular weight excluding hydrogens is 254 g/mol. The fourth-order valence-corrected chi connectivity index (χ4v) is 2.14.